The largest absolute Gasteiger partial charge is 0.271 e. The molecule has 0 aromatic heterocycles. The zero-order valence-corrected chi connectivity index (χ0v) is 13.6. The van der Waals surface area contributed by atoms with Crippen molar-refractivity contribution in [2.45, 2.75) is 52.5 Å². The molecule has 0 radical (unpaired) electrons. The number of nitrogens with one attached hydrogen (secondary N) is 1. The Morgan fingerprint density at radius 1 is 1.15 bits per heavy atom. The normalized spacial score (nSPS) is 24.9. The molecular weight excluding hydrogens is 268 g/mol. The van der Waals surface area contributed by atoms with Crippen molar-refractivity contribution < 1.29 is 0 Å². The van der Waals surface area contributed by atoms with Gasteiger partial charge >= 0.3 is 0 Å². The maximum absolute atomic E-state index is 6.25. The van der Waals surface area contributed by atoms with Crippen LogP contribution in [0.2, 0.25) is 5.02 Å². The Morgan fingerprint density at radius 2 is 1.75 bits per heavy atom. The zero-order valence-electron chi connectivity index (χ0n) is 12.8. The fourth-order valence-electron chi connectivity index (χ4n) is 3.45. The first-order valence-electron chi connectivity index (χ1n) is 7.75. The van der Waals surface area contributed by atoms with Gasteiger partial charge in [0.25, 0.3) is 0 Å². The molecule has 20 heavy (non-hydrogen) atoms. The number of rotatable bonds is 4. The molecule has 1 aliphatic carbocycles. The van der Waals surface area contributed by atoms with Crippen molar-refractivity contribution >= 4 is 11.6 Å². The Balaban J connectivity index is 2.07. The molecule has 1 fully saturated rings. The topological polar surface area (TPSA) is 38.0 Å². The van der Waals surface area contributed by atoms with Gasteiger partial charge in [-0.2, -0.15) is 0 Å². The second-order valence-electron chi connectivity index (χ2n) is 6.57. The Labute approximate surface area is 128 Å². The van der Waals surface area contributed by atoms with Gasteiger partial charge in [0.15, 0.2) is 0 Å². The van der Waals surface area contributed by atoms with E-state index in [0.717, 1.165) is 22.4 Å². The number of hydrogen-bond acceptors (Lipinski definition) is 2. The van der Waals surface area contributed by atoms with Gasteiger partial charge in [-0.05, 0) is 67.6 Å². The molecule has 3 N–H and O–H groups in total. The summed E-state index contributed by atoms with van der Waals surface area (Å²) in [7, 11) is 0. The molecule has 0 aliphatic heterocycles. The van der Waals surface area contributed by atoms with Gasteiger partial charge in [-0.1, -0.05) is 37.6 Å². The molecule has 0 heterocycles. The van der Waals surface area contributed by atoms with Crippen molar-refractivity contribution in [2.75, 3.05) is 0 Å². The van der Waals surface area contributed by atoms with Crippen LogP contribution in [0.25, 0.3) is 0 Å². The van der Waals surface area contributed by atoms with E-state index in [0.29, 0.717) is 5.92 Å². The maximum atomic E-state index is 6.25. The third-order valence-electron chi connectivity index (χ3n) is 4.97. The van der Waals surface area contributed by atoms with Crippen LogP contribution in [-0.2, 0) is 0 Å². The molecule has 3 heteroatoms. The molecule has 2 nitrogen and oxygen atoms in total. The highest BCUT2D eigenvalue weighted by Crippen LogP contribution is 2.39. The molecule has 1 aromatic carbocycles. The minimum Gasteiger partial charge on any atom is -0.271 e. The van der Waals surface area contributed by atoms with E-state index in [4.69, 9.17) is 17.4 Å². The third-order valence-corrected chi connectivity index (χ3v) is 5.37. The van der Waals surface area contributed by atoms with Crippen LogP contribution in [0.4, 0.5) is 0 Å². The highest BCUT2D eigenvalue weighted by Gasteiger charge is 2.29. The van der Waals surface area contributed by atoms with E-state index in [-0.39, 0.29) is 6.04 Å². The summed E-state index contributed by atoms with van der Waals surface area (Å²) in [6.07, 6.45) is 5.15. The van der Waals surface area contributed by atoms with E-state index in [2.05, 4.69) is 37.5 Å². The molecule has 2 rings (SSSR count). The maximum Gasteiger partial charge on any atom is 0.0488 e. The highest BCUT2D eigenvalue weighted by atomic mass is 35.5. The van der Waals surface area contributed by atoms with Crippen LogP contribution in [0.3, 0.4) is 0 Å². The van der Waals surface area contributed by atoms with Crippen LogP contribution >= 0.6 is 11.6 Å². The minimum atomic E-state index is 0.223. The van der Waals surface area contributed by atoms with E-state index in [1.807, 2.05) is 6.92 Å². The molecular formula is C17H27ClN2. The predicted molar refractivity (Wildman–Crippen MR) is 86.5 cm³/mol. The summed E-state index contributed by atoms with van der Waals surface area (Å²) in [5.74, 6) is 8.13. The summed E-state index contributed by atoms with van der Waals surface area (Å²) in [5, 5.41) is 0.832. The fraction of sp³-hybridized carbons (Fsp3) is 0.647. The van der Waals surface area contributed by atoms with Crippen LogP contribution in [0.5, 0.6) is 0 Å². The molecule has 1 aliphatic rings. The van der Waals surface area contributed by atoms with Gasteiger partial charge in [0.1, 0.15) is 0 Å². The predicted octanol–water partition coefficient (Wildman–Crippen LogP) is 4.62. The van der Waals surface area contributed by atoms with Crippen LogP contribution in [0, 0.1) is 24.7 Å². The lowest BCUT2D eigenvalue weighted by molar-refractivity contribution is 0.189. The second-order valence-corrected chi connectivity index (χ2v) is 6.98. The average molecular weight is 295 g/mol. The van der Waals surface area contributed by atoms with E-state index < -0.39 is 0 Å². The quantitative estimate of drug-likeness (QED) is 0.628. The summed E-state index contributed by atoms with van der Waals surface area (Å²) >= 11 is 6.25. The van der Waals surface area contributed by atoms with Gasteiger partial charge in [0.05, 0.1) is 0 Å². The van der Waals surface area contributed by atoms with Crippen LogP contribution in [0.1, 0.15) is 56.7 Å². The van der Waals surface area contributed by atoms with Crippen molar-refractivity contribution in [2.24, 2.45) is 23.6 Å². The summed E-state index contributed by atoms with van der Waals surface area (Å²) in [6.45, 7) is 6.71. The van der Waals surface area contributed by atoms with Crippen molar-refractivity contribution in [1.29, 1.82) is 0 Å². The third kappa shape index (κ3) is 3.55. The molecule has 1 atom stereocenters. The minimum absolute atomic E-state index is 0.223. The van der Waals surface area contributed by atoms with Crippen molar-refractivity contribution in [1.82, 2.24) is 5.43 Å². The van der Waals surface area contributed by atoms with E-state index in [9.17, 15) is 0 Å². The highest BCUT2D eigenvalue weighted by molar-refractivity contribution is 6.31. The van der Waals surface area contributed by atoms with Gasteiger partial charge in [-0.15, -0.1) is 0 Å². The number of benzene rings is 1. The SMILES string of the molecule is Cc1ccc(C(NN)C2CCC(C(C)C)CC2)cc1Cl. The molecule has 1 saturated carbocycles. The Hall–Kier alpha value is -0.570. The number of nitrogens with two attached hydrogens (primary N) is 1. The number of hydrogen-bond donors (Lipinski definition) is 2. The van der Waals surface area contributed by atoms with E-state index >= 15 is 0 Å². The van der Waals surface area contributed by atoms with Gasteiger partial charge in [-0.25, -0.2) is 0 Å². The first kappa shape index (κ1) is 15.8. The Bertz CT molecular complexity index is 437. The van der Waals surface area contributed by atoms with E-state index in [1.165, 1.54) is 31.2 Å². The smallest absolute Gasteiger partial charge is 0.0488 e. The standard InChI is InChI=1S/C17H27ClN2/c1-11(2)13-6-8-14(9-7-13)17(20-19)15-5-4-12(3)16(18)10-15/h4-5,10-11,13-14,17,20H,6-9,19H2,1-3H3. The second kappa shape index (κ2) is 6.93. The van der Waals surface area contributed by atoms with Crippen LogP contribution in [-0.4, -0.2) is 0 Å². The molecule has 0 bridgehead atoms. The van der Waals surface area contributed by atoms with E-state index in [1.54, 1.807) is 0 Å². The Morgan fingerprint density at radius 3 is 2.25 bits per heavy atom. The van der Waals surface area contributed by atoms with Gasteiger partial charge in [0, 0.05) is 11.1 Å². The number of hydrazine groups is 1. The van der Waals surface area contributed by atoms with Gasteiger partial charge in [0.2, 0.25) is 0 Å². The lowest BCUT2D eigenvalue weighted by Gasteiger charge is -2.35. The molecule has 0 saturated heterocycles. The zero-order chi connectivity index (χ0) is 14.7. The summed E-state index contributed by atoms with van der Waals surface area (Å²) in [5.41, 5.74) is 5.36. The van der Waals surface area contributed by atoms with Gasteiger partial charge < -0.3 is 0 Å². The monoisotopic (exact) mass is 294 g/mol. The number of halogens is 1. The van der Waals surface area contributed by atoms with Gasteiger partial charge in [-0.3, -0.25) is 11.3 Å². The average Bonchev–Trinajstić information content (AvgIpc) is 2.44. The molecule has 0 spiro atoms. The first-order valence-corrected chi connectivity index (χ1v) is 8.13. The lowest BCUT2D eigenvalue weighted by atomic mass is 9.73. The lowest BCUT2D eigenvalue weighted by Crippen LogP contribution is -2.35. The number of aryl methyl sites for hydroxylation is 1. The summed E-state index contributed by atoms with van der Waals surface area (Å²) < 4.78 is 0. The fourth-order valence-corrected chi connectivity index (χ4v) is 3.64. The van der Waals surface area contributed by atoms with Crippen molar-refractivity contribution in [3.05, 3.63) is 34.3 Å². The molecule has 0 amide bonds. The van der Waals surface area contributed by atoms with Crippen molar-refractivity contribution in [3.8, 4) is 0 Å². The van der Waals surface area contributed by atoms with Crippen LogP contribution in [0.15, 0.2) is 18.2 Å². The Kier molecular flexibility index (Phi) is 5.48. The first-order chi connectivity index (χ1) is 9.52. The molecule has 1 unspecified atom stereocenters. The summed E-state index contributed by atoms with van der Waals surface area (Å²) in [4.78, 5) is 0. The summed E-state index contributed by atoms with van der Waals surface area (Å²) in [6, 6.07) is 6.53. The molecule has 112 valence electrons. The van der Waals surface area contributed by atoms with Crippen molar-refractivity contribution in [3.63, 3.8) is 0 Å². The van der Waals surface area contributed by atoms with Crippen LogP contribution < -0.4 is 11.3 Å². The molecule has 1 aromatic rings.